The molecular formula is C14H15ClFN3. The van der Waals surface area contributed by atoms with Crippen LogP contribution in [0.25, 0.3) is 0 Å². The summed E-state index contributed by atoms with van der Waals surface area (Å²) in [6, 6.07) is 8.50. The number of aromatic nitrogens is 1. The molecule has 1 aromatic carbocycles. The summed E-state index contributed by atoms with van der Waals surface area (Å²) >= 11 is 5.78. The Kier molecular flexibility index (Phi) is 4.47. The van der Waals surface area contributed by atoms with Crippen LogP contribution in [-0.4, -0.2) is 4.98 Å². The molecule has 0 aliphatic heterocycles. The molecule has 1 atom stereocenters. The first-order valence-electron chi connectivity index (χ1n) is 5.92. The largest absolute Gasteiger partial charge is 0.271 e. The van der Waals surface area contributed by atoms with Crippen molar-refractivity contribution in [2.45, 2.75) is 19.4 Å². The Morgan fingerprint density at radius 3 is 2.79 bits per heavy atom. The Hall–Kier alpha value is -1.49. The molecule has 2 rings (SSSR count). The van der Waals surface area contributed by atoms with E-state index in [0.717, 1.165) is 16.8 Å². The van der Waals surface area contributed by atoms with Gasteiger partial charge in [0.05, 0.1) is 11.1 Å². The number of rotatable bonds is 4. The fraction of sp³-hybridized carbons (Fsp3) is 0.214. The van der Waals surface area contributed by atoms with Crippen molar-refractivity contribution < 1.29 is 4.39 Å². The minimum absolute atomic E-state index is 0.0665. The van der Waals surface area contributed by atoms with Gasteiger partial charge in [-0.3, -0.25) is 16.3 Å². The molecule has 100 valence electrons. The summed E-state index contributed by atoms with van der Waals surface area (Å²) in [4.78, 5) is 4.15. The number of hydrazine groups is 1. The topological polar surface area (TPSA) is 50.9 Å². The van der Waals surface area contributed by atoms with Crippen LogP contribution in [0.2, 0.25) is 5.02 Å². The molecule has 1 unspecified atom stereocenters. The van der Waals surface area contributed by atoms with Gasteiger partial charge in [-0.2, -0.15) is 0 Å². The molecule has 3 nitrogen and oxygen atoms in total. The van der Waals surface area contributed by atoms with Crippen molar-refractivity contribution in [2.24, 2.45) is 5.84 Å². The lowest BCUT2D eigenvalue weighted by atomic mass is 9.99. The molecule has 0 radical (unpaired) electrons. The molecular weight excluding hydrogens is 265 g/mol. The normalized spacial score (nSPS) is 12.4. The van der Waals surface area contributed by atoms with E-state index in [-0.39, 0.29) is 11.1 Å². The van der Waals surface area contributed by atoms with E-state index in [9.17, 15) is 4.39 Å². The Morgan fingerprint density at radius 1 is 1.37 bits per heavy atom. The van der Waals surface area contributed by atoms with Gasteiger partial charge in [0, 0.05) is 11.9 Å². The van der Waals surface area contributed by atoms with Gasteiger partial charge < -0.3 is 0 Å². The fourth-order valence-electron chi connectivity index (χ4n) is 1.96. The number of nitrogens with one attached hydrogen (secondary N) is 1. The zero-order valence-corrected chi connectivity index (χ0v) is 11.3. The van der Waals surface area contributed by atoms with E-state index in [0.29, 0.717) is 6.42 Å². The second kappa shape index (κ2) is 6.10. The predicted molar refractivity (Wildman–Crippen MR) is 74.2 cm³/mol. The molecule has 0 saturated heterocycles. The van der Waals surface area contributed by atoms with Crippen molar-refractivity contribution in [3.05, 3.63) is 64.2 Å². The lowest BCUT2D eigenvalue weighted by Gasteiger charge is -2.17. The Morgan fingerprint density at radius 2 is 2.16 bits per heavy atom. The maximum atomic E-state index is 13.1. The van der Waals surface area contributed by atoms with Crippen LogP contribution in [0.5, 0.6) is 0 Å². The van der Waals surface area contributed by atoms with E-state index in [2.05, 4.69) is 10.4 Å². The van der Waals surface area contributed by atoms with Crippen LogP contribution in [-0.2, 0) is 6.42 Å². The number of nitrogens with two attached hydrogens (primary N) is 1. The molecule has 3 N–H and O–H groups in total. The highest BCUT2D eigenvalue weighted by Crippen LogP contribution is 2.22. The van der Waals surface area contributed by atoms with Crippen LogP contribution in [0.4, 0.5) is 4.39 Å². The van der Waals surface area contributed by atoms with E-state index in [1.165, 1.54) is 6.07 Å². The van der Waals surface area contributed by atoms with Gasteiger partial charge in [-0.05, 0) is 48.7 Å². The lowest BCUT2D eigenvalue weighted by Crippen LogP contribution is -2.29. The van der Waals surface area contributed by atoms with Gasteiger partial charge in [-0.1, -0.05) is 17.7 Å². The van der Waals surface area contributed by atoms with E-state index >= 15 is 0 Å². The van der Waals surface area contributed by atoms with E-state index in [1.807, 2.05) is 19.1 Å². The zero-order chi connectivity index (χ0) is 13.8. The summed E-state index contributed by atoms with van der Waals surface area (Å²) in [6.45, 7) is 1.92. The van der Waals surface area contributed by atoms with Crippen molar-refractivity contribution in [1.29, 1.82) is 0 Å². The predicted octanol–water partition coefficient (Wildman–Crippen LogP) is 2.93. The monoisotopic (exact) mass is 279 g/mol. The molecule has 1 heterocycles. The van der Waals surface area contributed by atoms with Gasteiger partial charge in [0.25, 0.3) is 0 Å². The van der Waals surface area contributed by atoms with E-state index in [4.69, 9.17) is 17.4 Å². The highest BCUT2D eigenvalue weighted by molar-refractivity contribution is 6.30. The van der Waals surface area contributed by atoms with Gasteiger partial charge in [0.1, 0.15) is 5.82 Å². The van der Waals surface area contributed by atoms with Crippen LogP contribution in [0, 0.1) is 12.7 Å². The summed E-state index contributed by atoms with van der Waals surface area (Å²) < 4.78 is 13.1. The Labute approximate surface area is 116 Å². The molecule has 0 saturated carbocycles. The second-order valence-electron chi connectivity index (χ2n) is 4.40. The molecule has 5 heteroatoms. The Bertz CT molecular complexity index is 574. The van der Waals surface area contributed by atoms with Crippen molar-refractivity contribution in [2.75, 3.05) is 0 Å². The molecule has 0 aliphatic rings. The Balaban J connectivity index is 2.21. The van der Waals surface area contributed by atoms with Crippen LogP contribution in [0.1, 0.15) is 22.9 Å². The molecule has 0 spiro atoms. The quantitative estimate of drug-likeness (QED) is 0.668. The third kappa shape index (κ3) is 3.50. The fourth-order valence-corrected chi connectivity index (χ4v) is 2.16. The minimum Gasteiger partial charge on any atom is -0.271 e. The molecule has 0 bridgehead atoms. The van der Waals surface area contributed by atoms with Gasteiger partial charge in [-0.25, -0.2) is 4.39 Å². The van der Waals surface area contributed by atoms with E-state index in [1.54, 1.807) is 18.3 Å². The number of benzene rings is 1. The van der Waals surface area contributed by atoms with Crippen LogP contribution < -0.4 is 11.3 Å². The number of aryl methyl sites for hydroxylation is 1. The second-order valence-corrected chi connectivity index (χ2v) is 4.81. The van der Waals surface area contributed by atoms with Crippen LogP contribution >= 0.6 is 11.6 Å². The molecule has 2 aromatic rings. The summed E-state index contributed by atoms with van der Waals surface area (Å²) in [5.41, 5.74) is 5.65. The summed E-state index contributed by atoms with van der Waals surface area (Å²) in [5, 5.41) is 0.124. The van der Waals surface area contributed by atoms with Gasteiger partial charge in [0.2, 0.25) is 0 Å². The number of nitrogens with zero attached hydrogens (tertiary/aromatic N) is 1. The third-order valence-corrected chi connectivity index (χ3v) is 3.24. The number of hydrogen-bond donors (Lipinski definition) is 2. The molecule has 19 heavy (non-hydrogen) atoms. The average Bonchev–Trinajstić information content (AvgIpc) is 2.40. The zero-order valence-electron chi connectivity index (χ0n) is 10.5. The lowest BCUT2D eigenvalue weighted by molar-refractivity contribution is 0.550. The number of pyridine rings is 1. The number of halogens is 2. The average molecular weight is 280 g/mol. The molecule has 0 fully saturated rings. The maximum absolute atomic E-state index is 13.1. The van der Waals surface area contributed by atoms with Gasteiger partial charge in [-0.15, -0.1) is 0 Å². The first kappa shape index (κ1) is 13.9. The highest BCUT2D eigenvalue weighted by Gasteiger charge is 2.12. The standard InChI is InChI=1S/C14H15ClFN3/c1-9-6-11(4-5-18-9)14(19-17)8-10-2-3-13(16)12(15)7-10/h2-7,14,19H,8,17H2,1H3. The van der Waals surface area contributed by atoms with Crippen molar-refractivity contribution in [3.63, 3.8) is 0 Å². The SMILES string of the molecule is Cc1cc(C(Cc2ccc(F)c(Cl)c2)NN)ccn1. The van der Waals surface area contributed by atoms with Crippen LogP contribution in [0.3, 0.4) is 0 Å². The summed E-state index contributed by atoms with van der Waals surface area (Å²) in [5.74, 6) is 5.18. The molecule has 0 aliphatic carbocycles. The highest BCUT2D eigenvalue weighted by atomic mass is 35.5. The summed E-state index contributed by atoms with van der Waals surface area (Å²) in [7, 11) is 0. The van der Waals surface area contributed by atoms with Crippen molar-refractivity contribution >= 4 is 11.6 Å². The van der Waals surface area contributed by atoms with E-state index < -0.39 is 5.82 Å². The first-order chi connectivity index (χ1) is 9.10. The third-order valence-electron chi connectivity index (χ3n) is 2.95. The first-order valence-corrected chi connectivity index (χ1v) is 6.30. The minimum atomic E-state index is -0.414. The van der Waals surface area contributed by atoms with Gasteiger partial charge >= 0.3 is 0 Å². The maximum Gasteiger partial charge on any atom is 0.141 e. The summed E-state index contributed by atoms with van der Waals surface area (Å²) in [6.07, 6.45) is 2.37. The number of hydrogen-bond acceptors (Lipinski definition) is 3. The van der Waals surface area contributed by atoms with Crippen molar-refractivity contribution in [1.82, 2.24) is 10.4 Å². The molecule has 1 aromatic heterocycles. The van der Waals surface area contributed by atoms with Crippen molar-refractivity contribution in [3.8, 4) is 0 Å². The molecule has 0 amide bonds. The van der Waals surface area contributed by atoms with Crippen LogP contribution in [0.15, 0.2) is 36.5 Å². The van der Waals surface area contributed by atoms with Gasteiger partial charge in [0.15, 0.2) is 0 Å². The smallest absolute Gasteiger partial charge is 0.141 e.